The first-order valence-corrected chi connectivity index (χ1v) is 11.6. The van der Waals surface area contributed by atoms with E-state index in [1.54, 1.807) is 41.3 Å². The van der Waals surface area contributed by atoms with Crippen LogP contribution in [-0.4, -0.2) is 53.8 Å². The first-order valence-electron chi connectivity index (χ1n) is 11.3. The molecule has 8 heteroatoms. The average Bonchev–Trinajstić information content (AvgIpc) is 3.29. The number of phenols is 1. The third-order valence-corrected chi connectivity index (χ3v) is 6.98. The fourth-order valence-corrected chi connectivity index (χ4v) is 4.73. The molecule has 0 saturated carbocycles. The number of aryl methyl sites for hydroxylation is 1. The molecule has 176 valence electrons. The lowest BCUT2D eigenvalue weighted by Crippen LogP contribution is -2.48. The van der Waals surface area contributed by atoms with E-state index < -0.39 is 18.2 Å². The van der Waals surface area contributed by atoms with E-state index in [9.17, 15) is 14.7 Å². The van der Waals surface area contributed by atoms with E-state index in [-0.39, 0.29) is 23.6 Å². The molecule has 3 atom stereocenters. The van der Waals surface area contributed by atoms with Crippen LogP contribution in [0.2, 0.25) is 5.02 Å². The fraction of sp³-hybridized carbons (Fsp3) is 0.440. The molecule has 33 heavy (non-hydrogen) atoms. The van der Waals surface area contributed by atoms with Crippen LogP contribution in [0.4, 0.5) is 0 Å². The number of esters is 1. The van der Waals surface area contributed by atoms with Crippen molar-refractivity contribution in [3.8, 4) is 5.75 Å². The molecule has 2 aromatic carbocycles. The van der Waals surface area contributed by atoms with Gasteiger partial charge in [0.05, 0.1) is 12.2 Å². The van der Waals surface area contributed by atoms with Crippen LogP contribution in [0.25, 0.3) is 0 Å². The van der Waals surface area contributed by atoms with E-state index >= 15 is 0 Å². The van der Waals surface area contributed by atoms with Crippen molar-refractivity contribution in [1.29, 1.82) is 0 Å². The zero-order chi connectivity index (χ0) is 23.5. The summed E-state index contributed by atoms with van der Waals surface area (Å²) in [6.07, 6.45) is 0.488. The maximum Gasteiger partial charge on any atom is 0.338 e. The number of ether oxygens (including phenoxy) is 2. The number of carbonyl (C=O) groups excluding carboxylic acids is 2. The van der Waals surface area contributed by atoms with Gasteiger partial charge in [-0.25, -0.2) is 4.79 Å². The van der Waals surface area contributed by atoms with Crippen LogP contribution >= 0.6 is 11.6 Å². The SMILES string of the molecule is Cc1cc(O)c([C@H](N)C2CCN(C(=O)C3OCCC3OC(=O)c3ccccc3)CC2)cc1Cl. The predicted octanol–water partition coefficient (Wildman–Crippen LogP) is 3.61. The quantitative estimate of drug-likeness (QED) is 0.644. The largest absolute Gasteiger partial charge is 0.508 e. The number of hydrogen-bond donors (Lipinski definition) is 2. The molecule has 2 heterocycles. The lowest BCUT2D eigenvalue weighted by molar-refractivity contribution is -0.146. The fourth-order valence-electron chi connectivity index (χ4n) is 4.56. The summed E-state index contributed by atoms with van der Waals surface area (Å²) in [5.74, 6) is -0.364. The maximum atomic E-state index is 13.1. The normalized spacial score (nSPS) is 22.2. The molecule has 0 spiro atoms. The number of piperidine rings is 1. The second-order valence-corrected chi connectivity index (χ2v) is 9.15. The Bertz CT molecular complexity index is 1010. The van der Waals surface area contributed by atoms with Gasteiger partial charge in [0, 0.05) is 36.1 Å². The second-order valence-electron chi connectivity index (χ2n) is 8.74. The van der Waals surface area contributed by atoms with Crippen molar-refractivity contribution in [2.45, 2.75) is 44.4 Å². The number of aromatic hydroxyl groups is 1. The predicted molar refractivity (Wildman–Crippen MR) is 124 cm³/mol. The minimum Gasteiger partial charge on any atom is -0.508 e. The molecule has 2 unspecified atom stereocenters. The van der Waals surface area contributed by atoms with E-state index in [2.05, 4.69) is 0 Å². The number of amides is 1. The third kappa shape index (κ3) is 5.16. The number of halogens is 1. The van der Waals surface area contributed by atoms with E-state index in [1.165, 1.54) is 0 Å². The van der Waals surface area contributed by atoms with Gasteiger partial charge in [-0.3, -0.25) is 4.79 Å². The van der Waals surface area contributed by atoms with Gasteiger partial charge in [-0.2, -0.15) is 0 Å². The minimum atomic E-state index is -0.789. The highest BCUT2D eigenvalue weighted by Gasteiger charge is 2.41. The Morgan fingerprint density at radius 3 is 2.58 bits per heavy atom. The Hall–Kier alpha value is -2.61. The summed E-state index contributed by atoms with van der Waals surface area (Å²) in [5, 5.41) is 10.9. The maximum absolute atomic E-state index is 13.1. The second kappa shape index (κ2) is 10.1. The highest BCUT2D eigenvalue weighted by Crippen LogP contribution is 2.36. The van der Waals surface area contributed by atoms with Gasteiger partial charge in [0.25, 0.3) is 5.91 Å². The molecule has 0 radical (unpaired) electrons. The number of phenolic OH excluding ortho intramolecular Hbond substituents is 1. The van der Waals surface area contributed by atoms with Crippen molar-refractivity contribution >= 4 is 23.5 Å². The molecular formula is C25H29ClN2O5. The Kier molecular flexibility index (Phi) is 7.22. The van der Waals surface area contributed by atoms with Crippen LogP contribution in [0.3, 0.4) is 0 Å². The molecule has 0 aliphatic carbocycles. The first kappa shape index (κ1) is 23.5. The van der Waals surface area contributed by atoms with Crippen LogP contribution in [0, 0.1) is 12.8 Å². The van der Waals surface area contributed by atoms with Gasteiger partial charge in [-0.05, 0) is 55.5 Å². The molecule has 0 aromatic heterocycles. The topological polar surface area (TPSA) is 102 Å². The lowest BCUT2D eigenvalue weighted by atomic mass is 9.85. The molecule has 2 saturated heterocycles. The Labute approximate surface area is 198 Å². The molecule has 0 bridgehead atoms. The monoisotopic (exact) mass is 472 g/mol. The molecule has 2 aliphatic heterocycles. The highest BCUT2D eigenvalue weighted by atomic mass is 35.5. The van der Waals surface area contributed by atoms with E-state index in [0.29, 0.717) is 55.1 Å². The first-order chi connectivity index (χ1) is 15.8. The number of carbonyl (C=O) groups is 2. The highest BCUT2D eigenvalue weighted by molar-refractivity contribution is 6.31. The molecule has 2 aromatic rings. The van der Waals surface area contributed by atoms with Gasteiger partial charge in [0.1, 0.15) is 11.9 Å². The number of nitrogens with two attached hydrogens (primary N) is 1. The number of hydrogen-bond acceptors (Lipinski definition) is 6. The van der Waals surface area contributed by atoms with Gasteiger partial charge < -0.3 is 25.2 Å². The third-order valence-electron chi connectivity index (χ3n) is 6.57. The summed E-state index contributed by atoms with van der Waals surface area (Å²) in [6.45, 7) is 3.25. The molecule has 2 aliphatic rings. The van der Waals surface area contributed by atoms with Gasteiger partial charge in [0.15, 0.2) is 6.10 Å². The van der Waals surface area contributed by atoms with Gasteiger partial charge in [-0.15, -0.1) is 0 Å². The molecule has 7 nitrogen and oxygen atoms in total. The Morgan fingerprint density at radius 2 is 1.88 bits per heavy atom. The van der Waals surface area contributed by atoms with Crippen molar-refractivity contribution in [1.82, 2.24) is 4.90 Å². The van der Waals surface area contributed by atoms with Gasteiger partial charge in [0.2, 0.25) is 0 Å². The molecule has 4 rings (SSSR count). The van der Waals surface area contributed by atoms with Gasteiger partial charge in [-0.1, -0.05) is 29.8 Å². The van der Waals surface area contributed by atoms with Crippen LogP contribution in [0.5, 0.6) is 5.75 Å². The number of rotatable bonds is 5. The van der Waals surface area contributed by atoms with Crippen LogP contribution < -0.4 is 5.73 Å². The van der Waals surface area contributed by atoms with Crippen molar-refractivity contribution in [3.05, 3.63) is 64.2 Å². The number of benzene rings is 2. The minimum absolute atomic E-state index is 0.106. The standard InChI is InChI=1S/C25H29ClN2O5/c1-15-13-20(29)18(14-19(15)26)22(27)16-7-10-28(11-8-16)24(30)23-21(9-12-32-23)33-25(31)17-5-3-2-4-6-17/h2-6,13-14,16,21-23,29H,7-12,27H2,1H3/t21?,22-,23?/m1/s1. The summed E-state index contributed by atoms with van der Waals surface area (Å²) in [6, 6.07) is 11.7. The van der Waals surface area contributed by atoms with E-state index in [0.717, 1.165) is 5.56 Å². The van der Waals surface area contributed by atoms with Crippen molar-refractivity contribution in [2.24, 2.45) is 11.7 Å². The average molecular weight is 473 g/mol. The molecule has 1 amide bonds. The van der Waals surface area contributed by atoms with E-state index in [4.69, 9.17) is 26.8 Å². The smallest absolute Gasteiger partial charge is 0.338 e. The summed E-state index contributed by atoms with van der Waals surface area (Å²) < 4.78 is 11.3. The lowest BCUT2D eigenvalue weighted by Gasteiger charge is -2.36. The number of likely N-dealkylation sites (tertiary alicyclic amines) is 1. The molecule has 2 fully saturated rings. The summed E-state index contributed by atoms with van der Waals surface area (Å²) in [7, 11) is 0. The Morgan fingerprint density at radius 1 is 1.18 bits per heavy atom. The summed E-state index contributed by atoms with van der Waals surface area (Å²) in [4.78, 5) is 27.3. The molecule has 3 N–H and O–H groups in total. The van der Waals surface area contributed by atoms with Crippen molar-refractivity contribution in [2.75, 3.05) is 19.7 Å². The van der Waals surface area contributed by atoms with Crippen molar-refractivity contribution in [3.63, 3.8) is 0 Å². The number of nitrogens with zero attached hydrogens (tertiary/aromatic N) is 1. The summed E-state index contributed by atoms with van der Waals surface area (Å²) in [5.41, 5.74) is 8.33. The summed E-state index contributed by atoms with van der Waals surface area (Å²) >= 11 is 6.23. The van der Waals surface area contributed by atoms with Gasteiger partial charge >= 0.3 is 5.97 Å². The zero-order valence-corrected chi connectivity index (χ0v) is 19.3. The van der Waals surface area contributed by atoms with E-state index in [1.807, 2.05) is 13.0 Å². The van der Waals surface area contributed by atoms with Crippen LogP contribution in [0.15, 0.2) is 42.5 Å². The zero-order valence-electron chi connectivity index (χ0n) is 18.6. The Balaban J connectivity index is 1.35. The van der Waals surface area contributed by atoms with Crippen LogP contribution in [0.1, 0.15) is 46.8 Å². The van der Waals surface area contributed by atoms with Crippen molar-refractivity contribution < 1.29 is 24.2 Å². The van der Waals surface area contributed by atoms with Crippen LogP contribution in [-0.2, 0) is 14.3 Å². The molecular weight excluding hydrogens is 444 g/mol.